The summed E-state index contributed by atoms with van der Waals surface area (Å²) in [6, 6.07) is 10.3. The third kappa shape index (κ3) is 13.0. The monoisotopic (exact) mass is 1220 g/mol. The summed E-state index contributed by atoms with van der Waals surface area (Å²) < 4.78 is 96.0. The topological polar surface area (TPSA) is 272 Å². The Morgan fingerprint density at radius 2 is 1.00 bits per heavy atom. The number of fused-ring (bicyclic) bond motifs is 9. The van der Waals surface area contributed by atoms with Gasteiger partial charge in [-0.2, -0.15) is 15.3 Å². The van der Waals surface area contributed by atoms with Crippen LogP contribution >= 0.6 is 0 Å². The van der Waals surface area contributed by atoms with Crippen molar-refractivity contribution in [3.8, 4) is 0 Å². The third-order valence-corrected chi connectivity index (χ3v) is 20.2. The fourth-order valence-corrected chi connectivity index (χ4v) is 15.6. The van der Waals surface area contributed by atoms with Crippen molar-refractivity contribution in [3.63, 3.8) is 0 Å². The smallest absolute Gasteiger partial charge is 0.322 e. The van der Waals surface area contributed by atoms with Crippen LogP contribution in [-0.4, -0.2) is 138 Å². The van der Waals surface area contributed by atoms with E-state index in [0.29, 0.717) is 103 Å². The van der Waals surface area contributed by atoms with E-state index >= 15 is 0 Å². The van der Waals surface area contributed by atoms with Gasteiger partial charge in [0.25, 0.3) is 0 Å². The molecule has 5 N–H and O–H groups in total. The number of sulfone groups is 1. The molecule has 0 saturated carbocycles. The number of carbonyl (C=O) groups is 3. The molecule has 6 aliphatic rings. The predicted molar refractivity (Wildman–Crippen MR) is 304 cm³/mol. The summed E-state index contributed by atoms with van der Waals surface area (Å²) in [6.07, 6.45) is 1.66. The summed E-state index contributed by atoms with van der Waals surface area (Å²) >= 11 is 0. The molecule has 0 fully saturated rings. The molecule has 3 aromatic carbocycles. The number of aryl methyl sites for hydroxylation is 1. The fourth-order valence-electron chi connectivity index (χ4n) is 10.7. The molecule has 85 heavy (non-hydrogen) atoms. The van der Waals surface area contributed by atoms with Crippen LogP contribution in [0.2, 0.25) is 0 Å². The molecule has 0 bridgehead atoms. The number of anilines is 3. The minimum absolute atomic E-state index is 0.0582. The highest BCUT2D eigenvalue weighted by Gasteiger charge is 2.37. The van der Waals surface area contributed by atoms with Crippen LogP contribution in [0.25, 0.3) is 14.5 Å². The number of benzene rings is 3. The molecular weight excluding hydrogens is 1170 g/mol. The van der Waals surface area contributed by atoms with Gasteiger partial charge in [-0.15, -0.1) is 0 Å². The highest BCUT2D eigenvalue weighted by Crippen LogP contribution is 2.34. The Bertz CT molecular complexity index is 3960. The first-order valence-electron chi connectivity index (χ1n) is 27.0. The maximum atomic E-state index is 13.5. The van der Waals surface area contributed by atoms with E-state index in [9.17, 15) is 54.6 Å². The van der Waals surface area contributed by atoms with E-state index in [1.54, 1.807) is 14.5 Å². The van der Waals surface area contributed by atoms with Crippen LogP contribution in [0, 0.1) is 43.1 Å². The molecule has 24 nitrogen and oxygen atoms in total. The minimum atomic E-state index is -3.62. The lowest BCUT2D eigenvalue weighted by Gasteiger charge is -2.27. The lowest BCUT2D eigenvalue weighted by molar-refractivity contribution is 0.144. The molecule has 6 aliphatic heterocycles. The first-order chi connectivity index (χ1) is 40.7. The van der Waals surface area contributed by atoms with E-state index in [0.717, 1.165) is 52.6 Å². The average Bonchev–Trinajstić information content (AvgIpc) is 3.68. The molecule has 3 aromatic heterocycles. The van der Waals surface area contributed by atoms with Crippen LogP contribution in [0.4, 0.5) is 61.7 Å². The molecular formula is C55H56F3N15O9S3. The summed E-state index contributed by atoms with van der Waals surface area (Å²) in [5.41, 5.74) is 4.95. The van der Waals surface area contributed by atoms with E-state index in [1.807, 2.05) is 4.68 Å². The van der Waals surface area contributed by atoms with Gasteiger partial charge in [0.2, 0.25) is 17.1 Å². The number of carbonyl (C=O) groups excluding carboxylic acids is 3. The van der Waals surface area contributed by atoms with Crippen molar-refractivity contribution in [2.24, 2.45) is 5.92 Å². The molecule has 0 radical (unpaired) electrons. The molecule has 12 rings (SSSR count). The van der Waals surface area contributed by atoms with Crippen LogP contribution < -0.4 is 16.0 Å². The number of hydrogen-bond acceptors (Lipinski definition) is 12. The van der Waals surface area contributed by atoms with Gasteiger partial charge in [-0.25, -0.2) is 50.5 Å². The van der Waals surface area contributed by atoms with Crippen LogP contribution in [0.15, 0.2) is 69.7 Å². The summed E-state index contributed by atoms with van der Waals surface area (Å²) in [5, 5.41) is 42.8. The zero-order valence-corrected chi connectivity index (χ0v) is 48.1. The molecule has 0 saturated heterocycles. The van der Waals surface area contributed by atoms with Crippen molar-refractivity contribution in [3.05, 3.63) is 140 Å². The Hall–Kier alpha value is -8.47. The predicted octanol–water partition coefficient (Wildman–Crippen LogP) is 7.05. The number of aliphatic hydroxyl groups is 2. The van der Waals surface area contributed by atoms with Crippen molar-refractivity contribution < 1.29 is 54.6 Å². The quantitative estimate of drug-likeness (QED) is 0.112. The zero-order valence-electron chi connectivity index (χ0n) is 45.6. The van der Waals surface area contributed by atoms with Crippen molar-refractivity contribution in [2.75, 3.05) is 52.8 Å². The van der Waals surface area contributed by atoms with E-state index in [1.165, 1.54) is 52.0 Å². The number of urea groups is 3. The van der Waals surface area contributed by atoms with Crippen molar-refractivity contribution >= 4 is 83.7 Å². The number of nitrogens with one attached hydrogen (secondary N) is 3. The molecule has 30 heteroatoms. The van der Waals surface area contributed by atoms with Gasteiger partial charge in [0.15, 0.2) is 14.9 Å². The number of rotatable bonds is 3. The van der Waals surface area contributed by atoms with Gasteiger partial charge in [0, 0.05) is 90.7 Å². The number of amides is 6. The average molecular weight is 1220 g/mol. The number of aliphatic hydroxyl groups excluding tert-OH is 2. The van der Waals surface area contributed by atoms with Crippen LogP contribution in [0.1, 0.15) is 60.0 Å². The molecule has 0 aliphatic carbocycles. The second-order valence-electron chi connectivity index (χ2n) is 21.1. The lowest BCUT2D eigenvalue weighted by atomic mass is 10.1. The van der Waals surface area contributed by atoms with Crippen LogP contribution in [0.3, 0.4) is 0 Å². The summed E-state index contributed by atoms with van der Waals surface area (Å²) in [6.45, 7) is 26.1. The number of aromatic nitrogens is 6. The lowest BCUT2D eigenvalue weighted by Crippen LogP contribution is -2.39. The molecule has 0 spiro atoms. The second kappa shape index (κ2) is 25.0. The van der Waals surface area contributed by atoms with E-state index in [4.69, 9.17) is 19.7 Å². The van der Waals surface area contributed by atoms with Crippen molar-refractivity contribution in [2.45, 2.75) is 112 Å². The molecule has 444 valence electrons. The summed E-state index contributed by atoms with van der Waals surface area (Å²) in [7, 11) is -6.03. The maximum absolute atomic E-state index is 13.5. The largest absolute Gasteiger partial charge is 0.391 e. The summed E-state index contributed by atoms with van der Waals surface area (Å²) in [4.78, 5) is 51.9. The van der Waals surface area contributed by atoms with Gasteiger partial charge >= 0.3 is 18.1 Å². The normalized spacial score (nSPS) is 20.9. The Kier molecular flexibility index (Phi) is 17.6. The van der Waals surface area contributed by atoms with Crippen LogP contribution in [0.5, 0.6) is 0 Å². The summed E-state index contributed by atoms with van der Waals surface area (Å²) in [5.74, 6) is -0.752. The minimum Gasteiger partial charge on any atom is -0.391 e. The van der Waals surface area contributed by atoms with E-state index in [-0.39, 0.29) is 71.6 Å². The number of nitrogens with zero attached hydrogens (tertiary/aromatic N) is 12. The molecule has 6 amide bonds. The Morgan fingerprint density at radius 3 is 1.48 bits per heavy atom. The van der Waals surface area contributed by atoms with E-state index < -0.39 is 67.1 Å². The second-order valence-corrected chi connectivity index (χ2v) is 26.0. The molecule has 5 atom stereocenters. The molecule has 6 aromatic rings. The van der Waals surface area contributed by atoms with Gasteiger partial charge in [0.05, 0.1) is 109 Å². The Labute approximate surface area is 490 Å². The Balaban J connectivity index is 0.000000142. The van der Waals surface area contributed by atoms with E-state index in [2.05, 4.69) is 52.7 Å². The van der Waals surface area contributed by atoms with Gasteiger partial charge in [0.1, 0.15) is 27.5 Å². The standard InChI is InChI=1S/C19H20FN5O2S.C18H18FN5O4S.C18H18FN5O3S/c1-12-5-8-25-18(28(27)11-12)14-10-24(7-6-16(14)23-25)19(26)22-13-3-4-15(20)17(9-13)21-2;1-20-16-8-11(2-3-14(16)19)21-18(26)23-6-4-15-13(10-23)17-24(22-15)9-12(25)5-7-29(17,27)28;1-20-16-8-11(2-3-14(16)19)21-18(26)23-6-4-15-13(10-23)17-24(22-15)9-12(25)5-7-28(17)27/h3-4,9,12H,5-8,10-11H2,1H3,(H,22,26);2-3,8,12,25H,4-7,9-10H2,(H,21,26);2-3,8,12,25H,4-7,9-10H2,(H,21,26). The highest BCUT2D eigenvalue weighted by molar-refractivity contribution is 7.91. The van der Waals surface area contributed by atoms with Gasteiger partial charge in [-0.1, -0.05) is 6.92 Å². The van der Waals surface area contributed by atoms with Crippen LogP contribution in [-0.2, 0) is 90.0 Å². The SMILES string of the molecule is [C-]#[N+]c1cc(NC(=O)N2CCc3nn4c(c3C2)S(=O)(=O)CCC(O)C4)ccc1F.[C-]#[N+]c1cc(NC(=O)N2CCc3nn4c(c3C2)S(=O)CC(C)CC4)ccc1F.[C-]#[N+]c1cc(NC(=O)N2CCc3nn4c(c3C2)S(=O)CCC(O)C4)ccc1F. The zero-order chi connectivity index (χ0) is 60.4. The first-order valence-corrected chi connectivity index (χ1v) is 31.3. The van der Waals surface area contributed by atoms with Crippen molar-refractivity contribution in [1.29, 1.82) is 0 Å². The number of hydrogen-bond donors (Lipinski definition) is 5. The molecule has 5 unspecified atom stereocenters. The van der Waals surface area contributed by atoms with Gasteiger partial charge in [-0.05, 0) is 79.8 Å². The maximum Gasteiger partial charge on any atom is 0.322 e. The first kappa shape index (κ1) is 59.7. The number of halogens is 3. The molecule has 9 heterocycles. The third-order valence-electron chi connectivity index (χ3n) is 15.1. The Morgan fingerprint density at radius 1 is 0.588 bits per heavy atom. The van der Waals surface area contributed by atoms with Crippen molar-refractivity contribution in [1.82, 2.24) is 44.0 Å². The fraction of sp³-hybridized carbons (Fsp3) is 0.400. The van der Waals surface area contributed by atoms with Gasteiger partial charge in [-0.3, -0.25) is 22.5 Å². The van der Waals surface area contributed by atoms with Gasteiger partial charge < -0.3 is 40.9 Å². The highest BCUT2D eigenvalue weighted by atomic mass is 32.2.